The number of hydrogen-bond acceptors (Lipinski definition) is 7. The van der Waals surface area contributed by atoms with Gasteiger partial charge in [-0.1, -0.05) is 38.1 Å². The number of nitriles is 1. The van der Waals surface area contributed by atoms with Crippen molar-refractivity contribution in [2.75, 3.05) is 5.75 Å². The van der Waals surface area contributed by atoms with Gasteiger partial charge < -0.3 is 9.84 Å². The summed E-state index contributed by atoms with van der Waals surface area (Å²) in [5, 5.41) is 25.8. The van der Waals surface area contributed by atoms with Gasteiger partial charge in [-0.3, -0.25) is 9.59 Å². The molecule has 5 aliphatic carbocycles. The van der Waals surface area contributed by atoms with Crippen LogP contribution in [0.4, 0.5) is 4.39 Å². The zero-order valence-corrected chi connectivity index (χ0v) is 25.7. The summed E-state index contributed by atoms with van der Waals surface area (Å²) in [6, 6.07) is 8.41. The Kier molecular flexibility index (Phi) is 6.72. The van der Waals surface area contributed by atoms with Crippen molar-refractivity contribution in [3.05, 3.63) is 53.1 Å². The van der Waals surface area contributed by atoms with Gasteiger partial charge in [-0.25, -0.2) is 9.07 Å². The Morgan fingerprint density at radius 3 is 2.67 bits per heavy atom. The summed E-state index contributed by atoms with van der Waals surface area (Å²) < 4.78 is 21.8. The monoisotopic (exact) mass is 603 g/mol. The highest BCUT2D eigenvalue weighted by Gasteiger charge is 2.71. The van der Waals surface area contributed by atoms with E-state index in [4.69, 9.17) is 4.74 Å². The quantitative estimate of drug-likeness (QED) is 0.425. The highest BCUT2D eigenvalue weighted by Crippen LogP contribution is 2.69. The van der Waals surface area contributed by atoms with Crippen LogP contribution in [0.1, 0.15) is 70.6 Å². The number of rotatable bonds is 5. The third kappa shape index (κ3) is 4.19. The summed E-state index contributed by atoms with van der Waals surface area (Å²) in [7, 11) is 0. The number of thioether (sulfide) groups is 1. The van der Waals surface area contributed by atoms with E-state index in [-0.39, 0.29) is 57.7 Å². The number of carbonyl (C=O) groups is 2. The predicted octanol–water partition coefficient (Wildman–Crippen LogP) is 5.89. The van der Waals surface area contributed by atoms with Crippen molar-refractivity contribution in [1.29, 1.82) is 5.26 Å². The van der Waals surface area contributed by atoms with Crippen LogP contribution in [0.2, 0.25) is 0 Å². The summed E-state index contributed by atoms with van der Waals surface area (Å²) in [5.74, 6) is -0.276. The Morgan fingerprint density at radius 1 is 1.23 bits per heavy atom. The lowest BCUT2D eigenvalue weighted by molar-refractivity contribution is -0.198. The number of allylic oxidation sites excluding steroid dienone is 1. The van der Waals surface area contributed by atoms with Crippen molar-refractivity contribution >= 4 is 28.9 Å². The van der Waals surface area contributed by atoms with Crippen molar-refractivity contribution in [3.8, 4) is 11.8 Å². The molecule has 0 amide bonds. The predicted molar refractivity (Wildman–Crippen MR) is 160 cm³/mol. The molecule has 0 saturated heterocycles. The second kappa shape index (κ2) is 10.0. The van der Waals surface area contributed by atoms with Gasteiger partial charge in [0.15, 0.2) is 5.60 Å². The van der Waals surface area contributed by atoms with Crippen molar-refractivity contribution in [2.24, 2.45) is 40.4 Å². The van der Waals surface area contributed by atoms with E-state index < -0.39 is 17.1 Å². The molecule has 4 fully saturated rings. The fourth-order valence-electron chi connectivity index (χ4n) is 9.73. The van der Waals surface area contributed by atoms with Crippen LogP contribution in [-0.2, 0) is 20.7 Å². The van der Waals surface area contributed by atoms with Gasteiger partial charge in [-0.05, 0) is 110 Å². The van der Waals surface area contributed by atoms with Gasteiger partial charge in [0.2, 0.25) is 5.12 Å². The van der Waals surface area contributed by atoms with E-state index in [0.717, 1.165) is 60.8 Å². The average Bonchev–Trinajstić information content (AvgIpc) is 3.68. The Hall–Kier alpha value is -2.96. The van der Waals surface area contributed by atoms with Crippen LogP contribution in [0.25, 0.3) is 11.8 Å². The third-order valence-electron chi connectivity index (χ3n) is 11.7. The first-order valence-electron chi connectivity index (χ1n) is 15.5. The van der Waals surface area contributed by atoms with Crippen LogP contribution in [0.5, 0.6) is 0 Å². The molecule has 4 saturated carbocycles. The van der Waals surface area contributed by atoms with E-state index in [1.165, 1.54) is 17.7 Å². The summed E-state index contributed by atoms with van der Waals surface area (Å²) >= 11 is 0.945. The van der Waals surface area contributed by atoms with Crippen molar-refractivity contribution in [3.63, 3.8) is 0 Å². The highest BCUT2D eigenvalue weighted by atomic mass is 32.2. The third-order valence-corrected chi connectivity index (χ3v) is 12.6. The van der Waals surface area contributed by atoms with E-state index >= 15 is 0 Å². The molecule has 1 N–H and O–H groups in total. The Labute approximate surface area is 255 Å². The van der Waals surface area contributed by atoms with E-state index in [0.29, 0.717) is 12.8 Å². The van der Waals surface area contributed by atoms with Gasteiger partial charge in [-0.2, -0.15) is 10.4 Å². The summed E-state index contributed by atoms with van der Waals surface area (Å²) in [4.78, 5) is 27.0. The molecule has 5 aliphatic rings. The number of hydrogen-bond donors (Lipinski definition) is 1. The van der Waals surface area contributed by atoms with Gasteiger partial charge in [-0.15, -0.1) is 0 Å². The molecule has 7 rings (SSSR count). The summed E-state index contributed by atoms with van der Waals surface area (Å²) in [5.41, 5.74) is 1.86. The number of esters is 1. The number of benzene rings is 1. The standard InChI is InChI=1S/C34H38FN3O4S/c1-19-14-24-25-10-11-34(31(41)43-13-12-36,42-30(40)20-4-5-20)33(25,3)17-28(39)29(24)32(2)16-21-18-37-38(27(21)15-26(19)32)23-8-6-22(35)7-9-23/h6-9,15,18-20,24-25,28-29,39H,4-5,10-11,13-14,16-17H2,1-3H3/t19-,24-,25-,28-,29+,32-,33-,34-/m0/s1. The van der Waals surface area contributed by atoms with Crippen LogP contribution in [0, 0.1) is 57.6 Å². The van der Waals surface area contributed by atoms with Gasteiger partial charge in [0.05, 0.1) is 41.4 Å². The molecule has 0 spiro atoms. The van der Waals surface area contributed by atoms with E-state index in [2.05, 4.69) is 38.0 Å². The van der Waals surface area contributed by atoms with Crippen molar-refractivity contribution < 1.29 is 23.8 Å². The number of aliphatic hydroxyl groups excluding tert-OH is 1. The molecule has 226 valence electrons. The van der Waals surface area contributed by atoms with Crippen LogP contribution < -0.4 is 0 Å². The minimum atomic E-state index is -1.33. The number of aromatic nitrogens is 2. The molecule has 2 aromatic rings. The molecule has 0 bridgehead atoms. The number of carbonyl (C=O) groups excluding carboxylic acids is 2. The van der Waals surface area contributed by atoms with Crippen molar-refractivity contribution in [1.82, 2.24) is 9.78 Å². The molecular weight excluding hydrogens is 565 g/mol. The summed E-state index contributed by atoms with van der Waals surface area (Å²) in [6.07, 6.45) is 8.18. The number of halogens is 1. The molecule has 0 unspecified atom stereocenters. The zero-order valence-electron chi connectivity index (χ0n) is 24.9. The lowest BCUT2D eigenvalue weighted by Crippen LogP contribution is -2.63. The molecule has 8 atom stereocenters. The van der Waals surface area contributed by atoms with Gasteiger partial charge in [0, 0.05) is 5.41 Å². The number of nitrogens with zero attached hydrogens (tertiary/aromatic N) is 3. The molecule has 0 radical (unpaired) electrons. The van der Waals surface area contributed by atoms with Gasteiger partial charge in [0.25, 0.3) is 0 Å². The molecule has 1 aromatic carbocycles. The average molecular weight is 604 g/mol. The maximum Gasteiger partial charge on any atom is 0.309 e. The summed E-state index contributed by atoms with van der Waals surface area (Å²) in [6.45, 7) is 6.59. The minimum Gasteiger partial charge on any atom is -0.449 e. The zero-order chi connectivity index (χ0) is 30.3. The molecule has 1 aromatic heterocycles. The first-order valence-corrected chi connectivity index (χ1v) is 16.5. The molecular formula is C34H38FN3O4S. The van der Waals surface area contributed by atoms with Gasteiger partial charge >= 0.3 is 5.97 Å². The molecule has 0 aliphatic heterocycles. The van der Waals surface area contributed by atoms with Crippen molar-refractivity contribution in [2.45, 2.75) is 77.4 Å². The normalized spacial score (nSPS) is 37.7. The Bertz CT molecular complexity index is 1560. The van der Waals surface area contributed by atoms with Crippen LogP contribution in [0.3, 0.4) is 0 Å². The molecule has 9 heteroatoms. The molecule has 7 nitrogen and oxygen atoms in total. The SMILES string of the molecule is C[C@H]1C[C@@H]2[C@H]([C@@H](O)C[C@@]3(C)[C@H]2CC[C@]3(OC(=O)C2CC2)C(=O)SCC#N)[C@@]2(C)Cc3cnn(-c4ccc(F)cc4)c3C=C12. The van der Waals surface area contributed by atoms with E-state index in [1.54, 1.807) is 12.1 Å². The first kappa shape index (κ1) is 28.8. The highest BCUT2D eigenvalue weighted by molar-refractivity contribution is 8.14. The van der Waals surface area contributed by atoms with Crippen LogP contribution in [0.15, 0.2) is 36.0 Å². The first-order chi connectivity index (χ1) is 20.5. The van der Waals surface area contributed by atoms with Crippen LogP contribution >= 0.6 is 11.8 Å². The van der Waals surface area contributed by atoms with E-state index in [9.17, 15) is 24.3 Å². The molecule has 1 heterocycles. The fraction of sp³-hybridized carbons (Fsp3) is 0.588. The maximum atomic E-state index is 13.9. The Balaban J connectivity index is 1.25. The second-order valence-corrected chi connectivity index (χ2v) is 15.0. The number of aliphatic hydroxyl groups is 1. The molecule has 43 heavy (non-hydrogen) atoms. The largest absolute Gasteiger partial charge is 0.449 e. The van der Waals surface area contributed by atoms with Gasteiger partial charge in [0.1, 0.15) is 5.82 Å². The number of fused-ring (bicyclic) bond motifs is 6. The van der Waals surface area contributed by atoms with E-state index in [1.807, 2.05) is 10.9 Å². The lowest BCUT2D eigenvalue weighted by Gasteiger charge is -2.61. The topological polar surface area (TPSA) is 105 Å². The Morgan fingerprint density at radius 2 is 1.98 bits per heavy atom. The van der Waals surface area contributed by atoms with Crippen LogP contribution in [-0.4, -0.2) is 43.4 Å². The smallest absolute Gasteiger partial charge is 0.309 e. The second-order valence-electron chi connectivity index (χ2n) is 14.1. The number of ether oxygens (including phenoxy) is 1. The minimum absolute atomic E-state index is 0.00805. The fourth-order valence-corrected chi connectivity index (χ4v) is 10.5. The lowest BCUT2D eigenvalue weighted by atomic mass is 9.44. The maximum absolute atomic E-state index is 13.9.